The Morgan fingerprint density at radius 3 is 2.23 bits per heavy atom. The summed E-state index contributed by atoms with van der Waals surface area (Å²) in [5, 5.41) is 0.720. The summed E-state index contributed by atoms with van der Waals surface area (Å²) in [6.07, 6.45) is 0. The molecule has 0 aromatic heterocycles. The van der Waals surface area contributed by atoms with Crippen molar-refractivity contribution in [3.63, 3.8) is 0 Å². The van der Waals surface area contributed by atoms with E-state index in [1.54, 1.807) is 36.4 Å². The van der Waals surface area contributed by atoms with Gasteiger partial charge >= 0.3 is 0 Å². The smallest absolute Gasteiger partial charge is 0.165 e. The van der Waals surface area contributed by atoms with Crippen LogP contribution in [0.3, 0.4) is 0 Å². The van der Waals surface area contributed by atoms with E-state index in [0.717, 1.165) is 5.56 Å². The quantitative estimate of drug-likeness (QED) is 0.332. The summed E-state index contributed by atoms with van der Waals surface area (Å²) < 4.78 is 36.7. The fourth-order valence-corrected chi connectivity index (χ4v) is 3.51. The van der Waals surface area contributed by atoms with Crippen LogP contribution in [0.15, 0.2) is 60.7 Å². The summed E-state index contributed by atoms with van der Waals surface area (Å²) in [5.74, 6) is 1.17. The Balaban J connectivity index is 1.59. The minimum atomic E-state index is -0.662. The monoisotopic (exact) mass is 464 g/mol. The van der Waals surface area contributed by atoms with Crippen molar-refractivity contribution in [3.8, 4) is 23.0 Å². The average molecular weight is 465 g/mol. The van der Waals surface area contributed by atoms with Gasteiger partial charge in [-0.05, 0) is 43.7 Å². The molecule has 0 radical (unpaired) electrons. The fourth-order valence-electron chi connectivity index (χ4n) is 2.89. The maximum Gasteiger partial charge on any atom is 0.165 e. The van der Waals surface area contributed by atoms with Crippen molar-refractivity contribution in [2.24, 2.45) is 0 Å². The van der Waals surface area contributed by atoms with E-state index < -0.39 is 11.4 Å². The van der Waals surface area contributed by atoms with Crippen LogP contribution in [-0.4, -0.2) is 19.3 Å². The third kappa shape index (κ3) is 6.50. The molecule has 3 aromatic carbocycles. The van der Waals surface area contributed by atoms with Gasteiger partial charge in [0, 0.05) is 12.1 Å². The van der Waals surface area contributed by atoms with Gasteiger partial charge in [0.05, 0.1) is 30.4 Å². The van der Waals surface area contributed by atoms with E-state index >= 15 is 0 Å². The van der Waals surface area contributed by atoms with E-state index in [1.807, 2.05) is 32.0 Å². The van der Waals surface area contributed by atoms with Crippen LogP contribution < -0.4 is 14.2 Å². The molecule has 0 saturated carbocycles. The SMILES string of the molecule is COc1c(Cl)cc(OC(C)(C)COCc2ccc(F)c(Oc3ccccc3)c2)cc1Cl. The Labute approximate surface area is 191 Å². The van der Waals surface area contributed by atoms with E-state index in [9.17, 15) is 4.39 Å². The first-order valence-electron chi connectivity index (χ1n) is 9.58. The molecule has 164 valence electrons. The second-order valence-corrected chi connectivity index (χ2v) is 8.27. The molecule has 3 aromatic rings. The van der Waals surface area contributed by atoms with Gasteiger partial charge in [-0.2, -0.15) is 0 Å². The van der Waals surface area contributed by atoms with Crippen LogP contribution >= 0.6 is 23.2 Å². The van der Waals surface area contributed by atoms with Gasteiger partial charge < -0.3 is 18.9 Å². The van der Waals surface area contributed by atoms with Crippen molar-refractivity contribution in [2.45, 2.75) is 26.1 Å². The molecular formula is C24H23Cl2FO4. The molecule has 7 heteroatoms. The standard InChI is InChI=1S/C24H23Cl2FO4/c1-24(2,31-18-12-19(25)23(28-3)20(26)13-18)15-29-14-16-9-10-21(27)22(11-16)30-17-7-5-4-6-8-17/h4-13H,14-15H2,1-3H3. The van der Waals surface area contributed by atoms with Gasteiger partial charge in [0.15, 0.2) is 17.3 Å². The lowest BCUT2D eigenvalue weighted by atomic mass is 10.1. The highest BCUT2D eigenvalue weighted by molar-refractivity contribution is 6.37. The summed E-state index contributed by atoms with van der Waals surface area (Å²) in [7, 11) is 1.50. The topological polar surface area (TPSA) is 36.9 Å². The minimum absolute atomic E-state index is 0.144. The number of rotatable bonds is 9. The second kappa shape index (κ2) is 10.2. The highest BCUT2D eigenvalue weighted by Gasteiger charge is 2.22. The Bertz CT molecular complexity index is 1000. The van der Waals surface area contributed by atoms with Crippen molar-refractivity contribution in [1.82, 2.24) is 0 Å². The van der Waals surface area contributed by atoms with E-state index in [1.165, 1.54) is 13.2 Å². The summed E-state index contributed by atoms with van der Waals surface area (Å²) in [5.41, 5.74) is 0.114. The predicted molar refractivity (Wildman–Crippen MR) is 120 cm³/mol. The number of ether oxygens (including phenoxy) is 4. The molecule has 0 spiro atoms. The summed E-state index contributed by atoms with van der Waals surface area (Å²) in [4.78, 5) is 0. The van der Waals surface area contributed by atoms with Gasteiger partial charge in [-0.25, -0.2) is 4.39 Å². The molecule has 0 aliphatic carbocycles. The van der Waals surface area contributed by atoms with Crippen molar-refractivity contribution in [3.05, 3.63) is 82.1 Å². The van der Waals surface area contributed by atoms with Gasteiger partial charge in [0.25, 0.3) is 0 Å². The Kier molecular flexibility index (Phi) is 7.65. The number of benzene rings is 3. The molecule has 0 saturated heterocycles. The van der Waals surface area contributed by atoms with E-state index in [4.69, 9.17) is 42.1 Å². The van der Waals surface area contributed by atoms with Crippen LogP contribution in [0.1, 0.15) is 19.4 Å². The molecular weight excluding hydrogens is 442 g/mol. The third-order valence-electron chi connectivity index (χ3n) is 4.26. The predicted octanol–water partition coefficient (Wildman–Crippen LogP) is 7.31. The fraction of sp³-hybridized carbons (Fsp3) is 0.250. The van der Waals surface area contributed by atoms with E-state index in [-0.39, 0.29) is 19.0 Å². The first-order chi connectivity index (χ1) is 14.8. The molecule has 0 bridgehead atoms. The van der Waals surface area contributed by atoms with Gasteiger partial charge in [0.1, 0.15) is 17.1 Å². The maximum atomic E-state index is 14.1. The lowest BCUT2D eigenvalue weighted by Crippen LogP contribution is -2.34. The maximum absolute atomic E-state index is 14.1. The highest BCUT2D eigenvalue weighted by Crippen LogP contribution is 2.37. The van der Waals surface area contributed by atoms with Crippen LogP contribution in [0.5, 0.6) is 23.0 Å². The van der Waals surface area contributed by atoms with Crippen molar-refractivity contribution < 1.29 is 23.3 Å². The van der Waals surface area contributed by atoms with Crippen LogP contribution in [-0.2, 0) is 11.3 Å². The van der Waals surface area contributed by atoms with Gasteiger partial charge in [0.2, 0.25) is 0 Å². The van der Waals surface area contributed by atoms with Gasteiger partial charge in [-0.1, -0.05) is 47.5 Å². The second-order valence-electron chi connectivity index (χ2n) is 7.45. The van der Waals surface area contributed by atoms with E-state index in [0.29, 0.717) is 27.3 Å². The van der Waals surface area contributed by atoms with Crippen molar-refractivity contribution in [1.29, 1.82) is 0 Å². The van der Waals surface area contributed by atoms with Gasteiger partial charge in [-0.3, -0.25) is 0 Å². The zero-order chi connectivity index (χ0) is 22.4. The first kappa shape index (κ1) is 23.2. The zero-order valence-corrected chi connectivity index (χ0v) is 19.0. The molecule has 0 N–H and O–H groups in total. The number of methoxy groups -OCH3 is 1. The van der Waals surface area contributed by atoms with Crippen LogP contribution in [0.4, 0.5) is 4.39 Å². The summed E-state index contributed by atoms with van der Waals surface area (Å²) >= 11 is 12.3. The third-order valence-corrected chi connectivity index (χ3v) is 4.82. The molecule has 0 unspecified atom stereocenters. The van der Waals surface area contributed by atoms with E-state index in [2.05, 4.69) is 0 Å². The first-order valence-corrected chi connectivity index (χ1v) is 10.3. The number of hydrogen-bond donors (Lipinski definition) is 0. The van der Waals surface area contributed by atoms with Crippen LogP contribution in [0.25, 0.3) is 0 Å². The highest BCUT2D eigenvalue weighted by atomic mass is 35.5. The molecule has 0 amide bonds. The molecule has 3 rings (SSSR count). The number of hydrogen-bond acceptors (Lipinski definition) is 4. The lowest BCUT2D eigenvalue weighted by molar-refractivity contribution is -0.0101. The largest absolute Gasteiger partial charge is 0.494 e. The molecule has 0 fully saturated rings. The number of halogens is 3. The summed E-state index contributed by atoms with van der Waals surface area (Å²) in [6, 6.07) is 17.0. The molecule has 0 aliphatic heterocycles. The zero-order valence-electron chi connectivity index (χ0n) is 17.5. The van der Waals surface area contributed by atoms with Crippen LogP contribution in [0, 0.1) is 5.82 Å². The summed E-state index contributed by atoms with van der Waals surface area (Å²) in [6.45, 7) is 4.31. The van der Waals surface area contributed by atoms with Gasteiger partial charge in [-0.15, -0.1) is 0 Å². The number of para-hydroxylation sites is 1. The Morgan fingerprint density at radius 2 is 1.58 bits per heavy atom. The molecule has 31 heavy (non-hydrogen) atoms. The molecule has 4 nitrogen and oxygen atoms in total. The lowest BCUT2D eigenvalue weighted by Gasteiger charge is -2.27. The van der Waals surface area contributed by atoms with Crippen molar-refractivity contribution >= 4 is 23.2 Å². The molecule has 0 atom stereocenters. The minimum Gasteiger partial charge on any atom is -0.494 e. The molecule has 0 aliphatic rings. The Hall–Kier alpha value is -2.47. The average Bonchev–Trinajstić information content (AvgIpc) is 2.70. The van der Waals surface area contributed by atoms with Crippen molar-refractivity contribution in [2.75, 3.05) is 13.7 Å². The Morgan fingerprint density at radius 1 is 0.903 bits per heavy atom. The molecule has 0 heterocycles. The van der Waals surface area contributed by atoms with Crippen LogP contribution in [0.2, 0.25) is 10.0 Å². The normalized spacial score (nSPS) is 11.3.